The molecule has 1 atom stereocenters. The van der Waals surface area contributed by atoms with Gasteiger partial charge in [0.1, 0.15) is 15.7 Å². The molecule has 1 fully saturated rings. The van der Waals surface area contributed by atoms with Gasteiger partial charge in [0.25, 0.3) is 0 Å². The molecular weight excluding hydrogens is 288 g/mol. The van der Waals surface area contributed by atoms with E-state index in [0.29, 0.717) is 30.1 Å². The number of sulfone groups is 1. The van der Waals surface area contributed by atoms with Crippen LogP contribution in [-0.2, 0) is 16.4 Å². The molecule has 3 heterocycles. The molecule has 1 saturated heterocycles. The predicted octanol–water partition coefficient (Wildman–Crippen LogP) is 1.66. The van der Waals surface area contributed by atoms with Gasteiger partial charge in [-0.05, 0) is 25.7 Å². The van der Waals surface area contributed by atoms with E-state index in [9.17, 15) is 13.5 Å². The van der Waals surface area contributed by atoms with E-state index in [1.165, 1.54) is 0 Å². The third-order valence-electron chi connectivity index (χ3n) is 4.09. The predicted molar refractivity (Wildman–Crippen MR) is 72.1 cm³/mol. The Hall–Kier alpha value is -0.590. The highest BCUT2D eigenvalue weighted by Crippen LogP contribution is 2.37. The fourth-order valence-corrected chi connectivity index (χ4v) is 4.85. The van der Waals surface area contributed by atoms with Gasteiger partial charge >= 0.3 is 0 Å². The molecule has 106 valence electrons. The van der Waals surface area contributed by atoms with Crippen LogP contribution in [0.4, 0.5) is 0 Å². The van der Waals surface area contributed by atoms with Crippen LogP contribution in [0.1, 0.15) is 49.2 Å². The zero-order valence-corrected chi connectivity index (χ0v) is 12.1. The van der Waals surface area contributed by atoms with Crippen molar-refractivity contribution in [3.05, 3.63) is 16.7 Å². The molecule has 3 rings (SSSR count). The second kappa shape index (κ2) is 4.75. The van der Waals surface area contributed by atoms with Crippen molar-refractivity contribution in [2.75, 3.05) is 11.5 Å². The van der Waals surface area contributed by atoms with Crippen molar-refractivity contribution in [2.24, 2.45) is 0 Å². The summed E-state index contributed by atoms with van der Waals surface area (Å²) in [4.78, 5) is 4.39. The van der Waals surface area contributed by atoms with Gasteiger partial charge in [0.15, 0.2) is 5.15 Å². The zero-order valence-electron chi connectivity index (χ0n) is 10.5. The molecule has 0 aliphatic carbocycles. The normalized spacial score (nSPS) is 27.2. The average molecular weight is 305 g/mol. The molecule has 2 aliphatic heterocycles. The van der Waals surface area contributed by atoms with Gasteiger partial charge in [-0.1, -0.05) is 11.6 Å². The van der Waals surface area contributed by atoms with Crippen molar-refractivity contribution in [3.63, 3.8) is 0 Å². The van der Waals surface area contributed by atoms with Crippen LogP contribution in [0.15, 0.2) is 0 Å². The quantitative estimate of drug-likeness (QED) is 0.856. The topological polar surface area (TPSA) is 72.2 Å². The van der Waals surface area contributed by atoms with Gasteiger partial charge in [-0.25, -0.2) is 13.4 Å². The fourth-order valence-electron chi connectivity index (χ4n) is 3.04. The van der Waals surface area contributed by atoms with Crippen molar-refractivity contribution >= 4 is 21.4 Å². The lowest BCUT2D eigenvalue weighted by Crippen LogP contribution is -2.25. The van der Waals surface area contributed by atoms with E-state index < -0.39 is 15.9 Å². The third-order valence-corrected chi connectivity index (χ3v) is 6.08. The van der Waals surface area contributed by atoms with E-state index in [0.717, 1.165) is 18.8 Å². The lowest BCUT2D eigenvalue weighted by molar-refractivity contribution is 0.138. The SMILES string of the molecule is O=S1(=O)CCC(c2nc(Cl)c3n2CCCC3O)CC1. The Kier molecular flexibility index (Phi) is 3.35. The summed E-state index contributed by atoms with van der Waals surface area (Å²) in [7, 11) is -2.87. The van der Waals surface area contributed by atoms with Crippen molar-refractivity contribution < 1.29 is 13.5 Å². The molecular formula is C12H17ClN2O3S. The Balaban J connectivity index is 1.92. The third kappa shape index (κ3) is 2.41. The first kappa shape index (κ1) is 13.4. The molecule has 7 heteroatoms. The largest absolute Gasteiger partial charge is 0.387 e. The molecule has 0 radical (unpaired) electrons. The minimum Gasteiger partial charge on any atom is -0.387 e. The van der Waals surface area contributed by atoms with E-state index in [1.807, 2.05) is 4.57 Å². The summed E-state index contributed by atoms with van der Waals surface area (Å²) in [5, 5.41) is 10.4. The molecule has 5 nitrogen and oxygen atoms in total. The minimum absolute atomic E-state index is 0.139. The molecule has 2 aliphatic rings. The van der Waals surface area contributed by atoms with Crippen molar-refractivity contribution in [3.8, 4) is 0 Å². The van der Waals surface area contributed by atoms with Crippen molar-refractivity contribution in [1.82, 2.24) is 9.55 Å². The van der Waals surface area contributed by atoms with Gasteiger partial charge in [-0.2, -0.15) is 0 Å². The number of aliphatic hydroxyl groups excluding tert-OH is 1. The van der Waals surface area contributed by atoms with E-state index in [1.54, 1.807) is 0 Å². The molecule has 1 unspecified atom stereocenters. The number of imidazole rings is 1. The van der Waals surface area contributed by atoms with E-state index in [4.69, 9.17) is 11.6 Å². The first-order valence-electron chi connectivity index (χ1n) is 6.62. The number of aromatic nitrogens is 2. The molecule has 0 bridgehead atoms. The summed E-state index contributed by atoms with van der Waals surface area (Å²) in [5.41, 5.74) is 0.705. The van der Waals surface area contributed by atoms with Gasteiger partial charge in [0, 0.05) is 12.5 Å². The van der Waals surface area contributed by atoms with Crippen LogP contribution in [0, 0.1) is 0 Å². The lowest BCUT2D eigenvalue weighted by Gasteiger charge is -2.26. The van der Waals surface area contributed by atoms with E-state index in [-0.39, 0.29) is 17.4 Å². The number of rotatable bonds is 1. The summed E-state index contributed by atoms with van der Waals surface area (Å²) in [5.74, 6) is 1.44. The summed E-state index contributed by atoms with van der Waals surface area (Å²) in [6, 6.07) is 0. The van der Waals surface area contributed by atoms with Crippen molar-refractivity contribution in [1.29, 1.82) is 0 Å². The van der Waals surface area contributed by atoms with Gasteiger partial charge in [0.05, 0.1) is 23.3 Å². The zero-order chi connectivity index (χ0) is 13.6. The first-order valence-corrected chi connectivity index (χ1v) is 8.82. The average Bonchev–Trinajstić information content (AvgIpc) is 2.68. The Labute approximate surface area is 117 Å². The molecule has 0 amide bonds. The Bertz CT molecular complexity index is 582. The standard InChI is InChI=1S/C12H17ClN2O3S/c13-11-10-9(16)2-1-5-15(10)12(14-11)8-3-6-19(17,18)7-4-8/h8-9,16H,1-7H2. The van der Waals surface area contributed by atoms with E-state index in [2.05, 4.69) is 4.98 Å². The van der Waals surface area contributed by atoms with Gasteiger partial charge in [0.2, 0.25) is 0 Å². The van der Waals surface area contributed by atoms with Crippen LogP contribution in [-0.4, -0.2) is 34.6 Å². The number of aliphatic hydroxyl groups is 1. The highest BCUT2D eigenvalue weighted by molar-refractivity contribution is 7.91. The van der Waals surface area contributed by atoms with Gasteiger partial charge in [-0.3, -0.25) is 0 Å². The van der Waals surface area contributed by atoms with E-state index >= 15 is 0 Å². The molecule has 0 spiro atoms. The maximum Gasteiger partial charge on any atom is 0.153 e. The van der Waals surface area contributed by atoms with Crippen LogP contribution < -0.4 is 0 Å². The van der Waals surface area contributed by atoms with Crippen LogP contribution in [0.3, 0.4) is 0 Å². The molecule has 1 N–H and O–H groups in total. The molecule has 19 heavy (non-hydrogen) atoms. The maximum atomic E-state index is 11.5. The Morgan fingerprint density at radius 2 is 1.95 bits per heavy atom. The second-order valence-corrected chi connectivity index (χ2v) is 8.04. The summed E-state index contributed by atoms with van der Waals surface area (Å²) in [6.07, 6.45) is 2.27. The summed E-state index contributed by atoms with van der Waals surface area (Å²) < 4.78 is 25.0. The highest BCUT2D eigenvalue weighted by Gasteiger charge is 2.32. The second-order valence-electron chi connectivity index (χ2n) is 5.38. The molecule has 1 aromatic heterocycles. The molecule has 0 saturated carbocycles. The minimum atomic E-state index is -2.87. The number of fused-ring (bicyclic) bond motifs is 1. The Morgan fingerprint density at radius 3 is 2.63 bits per heavy atom. The van der Waals surface area contributed by atoms with Crippen LogP contribution in [0.2, 0.25) is 5.15 Å². The van der Waals surface area contributed by atoms with Gasteiger partial charge in [-0.15, -0.1) is 0 Å². The number of hydrogen-bond acceptors (Lipinski definition) is 4. The number of hydrogen-bond donors (Lipinski definition) is 1. The monoisotopic (exact) mass is 304 g/mol. The maximum absolute atomic E-state index is 11.5. The Morgan fingerprint density at radius 1 is 1.26 bits per heavy atom. The highest BCUT2D eigenvalue weighted by atomic mass is 35.5. The molecule has 1 aromatic rings. The number of nitrogens with zero attached hydrogens (tertiary/aromatic N) is 2. The molecule has 0 aromatic carbocycles. The van der Waals surface area contributed by atoms with Crippen LogP contribution in [0.25, 0.3) is 0 Å². The van der Waals surface area contributed by atoms with Crippen LogP contribution in [0.5, 0.6) is 0 Å². The van der Waals surface area contributed by atoms with Crippen LogP contribution >= 0.6 is 11.6 Å². The lowest BCUT2D eigenvalue weighted by atomic mass is 10.0. The summed E-state index contributed by atoms with van der Waals surface area (Å²) in [6.45, 7) is 0.810. The smallest absolute Gasteiger partial charge is 0.153 e. The van der Waals surface area contributed by atoms with Crippen molar-refractivity contribution in [2.45, 2.75) is 44.2 Å². The summed E-state index contributed by atoms with van der Waals surface area (Å²) >= 11 is 6.12. The fraction of sp³-hybridized carbons (Fsp3) is 0.750. The number of halogens is 1. The first-order chi connectivity index (χ1) is 8.98. The van der Waals surface area contributed by atoms with Gasteiger partial charge < -0.3 is 9.67 Å².